The number of benzene rings is 1. The lowest BCUT2D eigenvalue weighted by Crippen LogP contribution is -2.36. The summed E-state index contributed by atoms with van der Waals surface area (Å²) in [5, 5.41) is 15.7. The van der Waals surface area contributed by atoms with Crippen LogP contribution >= 0.6 is 24.8 Å². The number of anilines is 2. The summed E-state index contributed by atoms with van der Waals surface area (Å²) < 4.78 is 0. The summed E-state index contributed by atoms with van der Waals surface area (Å²) in [4.78, 5) is 14.2. The number of para-hydroxylation sites is 2. The van der Waals surface area contributed by atoms with Crippen LogP contribution in [0.15, 0.2) is 24.3 Å². The van der Waals surface area contributed by atoms with Crippen LogP contribution in [0.5, 0.6) is 0 Å². The molecule has 1 aliphatic rings. The molecular formula is C16H27Cl2N3O2. The van der Waals surface area contributed by atoms with E-state index in [9.17, 15) is 9.90 Å². The Morgan fingerprint density at radius 1 is 1.26 bits per heavy atom. The number of piperidine rings is 1. The highest BCUT2D eigenvalue weighted by Crippen LogP contribution is 2.28. The lowest BCUT2D eigenvalue weighted by atomic mass is 10.1. The topological polar surface area (TPSA) is 64.6 Å². The van der Waals surface area contributed by atoms with E-state index in [1.54, 1.807) is 0 Å². The van der Waals surface area contributed by atoms with Crippen molar-refractivity contribution in [2.75, 3.05) is 36.9 Å². The van der Waals surface area contributed by atoms with Gasteiger partial charge >= 0.3 is 0 Å². The first-order valence-electron chi connectivity index (χ1n) is 7.67. The zero-order valence-corrected chi connectivity index (χ0v) is 15.1. The van der Waals surface area contributed by atoms with Crippen molar-refractivity contribution in [3.8, 4) is 0 Å². The van der Waals surface area contributed by atoms with Crippen molar-refractivity contribution in [1.29, 1.82) is 0 Å². The van der Waals surface area contributed by atoms with Crippen LogP contribution in [0.1, 0.15) is 25.7 Å². The number of nitrogens with one attached hydrogen (secondary N) is 2. The van der Waals surface area contributed by atoms with E-state index in [0.29, 0.717) is 6.42 Å². The van der Waals surface area contributed by atoms with Crippen LogP contribution in [-0.2, 0) is 4.79 Å². The first kappa shape index (κ1) is 22.0. The van der Waals surface area contributed by atoms with Crippen molar-refractivity contribution in [2.45, 2.75) is 31.8 Å². The second-order valence-corrected chi connectivity index (χ2v) is 5.49. The SMILES string of the molecule is CNCCCC(=O)Nc1ccccc1N1CCC(O)CC1.Cl.Cl. The van der Waals surface area contributed by atoms with Crippen molar-refractivity contribution < 1.29 is 9.90 Å². The molecule has 0 aromatic heterocycles. The van der Waals surface area contributed by atoms with E-state index in [0.717, 1.165) is 50.3 Å². The van der Waals surface area contributed by atoms with Gasteiger partial charge in [0.1, 0.15) is 0 Å². The van der Waals surface area contributed by atoms with Crippen LogP contribution in [0.25, 0.3) is 0 Å². The summed E-state index contributed by atoms with van der Waals surface area (Å²) in [6.07, 6.45) is 2.73. The molecule has 0 atom stereocenters. The fraction of sp³-hybridized carbons (Fsp3) is 0.562. The third kappa shape index (κ3) is 6.96. The maximum atomic E-state index is 12.0. The molecule has 1 heterocycles. The lowest BCUT2D eigenvalue weighted by molar-refractivity contribution is -0.116. The monoisotopic (exact) mass is 363 g/mol. The molecule has 0 unspecified atom stereocenters. The van der Waals surface area contributed by atoms with E-state index in [2.05, 4.69) is 15.5 Å². The lowest BCUT2D eigenvalue weighted by Gasteiger charge is -2.32. The molecule has 1 amide bonds. The average Bonchev–Trinajstić information content (AvgIpc) is 2.49. The van der Waals surface area contributed by atoms with Gasteiger partial charge in [-0.1, -0.05) is 12.1 Å². The van der Waals surface area contributed by atoms with Gasteiger partial charge in [0, 0.05) is 19.5 Å². The predicted octanol–water partition coefficient (Wildman–Crippen LogP) is 2.43. The average molecular weight is 364 g/mol. The zero-order chi connectivity index (χ0) is 15.1. The Labute approximate surface area is 150 Å². The first-order valence-corrected chi connectivity index (χ1v) is 7.67. The van der Waals surface area contributed by atoms with Gasteiger partial charge < -0.3 is 20.6 Å². The molecule has 0 aliphatic carbocycles. The maximum absolute atomic E-state index is 12.0. The highest BCUT2D eigenvalue weighted by molar-refractivity contribution is 5.94. The minimum Gasteiger partial charge on any atom is -0.393 e. The molecule has 0 spiro atoms. The van der Waals surface area contributed by atoms with Gasteiger partial charge in [-0.2, -0.15) is 0 Å². The first-order chi connectivity index (χ1) is 10.2. The fourth-order valence-corrected chi connectivity index (χ4v) is 2.60. The molecule has 23 heavy (non-hydrogen) atoms. The molecular weight excluding hydrogens is 337 g/mol. The Morgan fingerprint density at radius 2 is 1.91 bits per heavy atom. The number of carbonyl (C=O) groups excluding carboxylic acids is 1. The van der Waals surface area contributed by atoms with Gasteiger partial charge in [-0.05, 0) is 45.0 Å². The molecule has 0 radical (unpaired) electrons. The van der Waals surface area contributed by atoms with Crippen LogP contribution in [-0.4, -0.2) is 43.8 Å². The van der Waals surface area contributed by atoms with E-state index in [-0.39, 0.29) is 36.8 Å². The van der Waals surface area contributed by atoms with Crippen LogP contribution in [0.4, 0.5) is 11.4 Å². The highest BCUT2D eigenvalue weighted by Gasteiger charge is 2.19. The summed E-state index contributed by atoms with van der Waals surface area (Å²) in [7, 11) is 1.89. The quantitative estimate of drug-likeness (QED) is 0.679. The van der Waals surface area contributed by atoms with E-state index in [4.69, 9.17) is 0 Å². The molecule has 3 N–H and O–H groups in total. The Bertz CT molecular complexity index is 466. The van der Waals surface area contributed by atoms with Crippen LogP contribution in [0.3, 0.4) is 0 Å². The van der Waals surface area contributed by atoms with E-state index in [1.165, 1.54) is 0 Å². The van der Waals surface area contributed by atoms with Crippen molar-refractivity contribution in [2.24, 2.45) is 0 Å². The molecule has 7 heteroatoms. The summed E-state index contributed by atoms with van der Waals surface area (Å²) in [6.45, 7) is 2.50. The van der Waals surface area contributed by atoms with Gasteiger partial charge in [0.2, 0.25) is 5.91 Å². The van der Waals surface area contributed by atoms with Crippen molar-refractivity contribution in [1.82, 2.24) is 5.32 Å². The number of nitrogens with zero attached hydrogens (tertiary/aromatic N) is 1. The fourth-order valence-electron chi connectivity index (χ4n) is 2.60. The minimum atomic E-state index is -0.190. The van der Waals surface area contributed by atoms with Crippen molar-refractivity contribution >= 4 is 42.1 Å². The van der Waals surface area contributed by atoms with E-state index < -0.39 is 0 Å². The number of hydrogen-bond acceptors (Lipinski definition) is 4. The smallest absolute Gasteiger partial charge is 0.224 e. The number of aliphatic hydroxyl groups is 1. The van der Waals surface area contributed by atoms with Crippen LogP contribution in [0.2, 0.25) is 0 Å². The second-order valence-electron chi connectivity index (χ2n) is 5.49. The summed E-state index contributed by atoms with van der Waals surface area (Å²) in [5.41, 5.74) is 1.91. The molecule has 2 rings (SSSR count). The minimum absolute atomic E-state index is 0. The number of rotatable bonds is 6. The molecule has 5 nitrogen and oxygen atoms in total. The molecule has 1 aliphatic heterocycles. The summed E-state index contributed by atoms with van der Waals surface area (Å²) in [5.74, 6) is 0.0507. The largest absolute Gasteiger partial charge is 0.393 e. The Hall–Kier alpha value is -1.01. The number of aliphatic hydroxyl groups excluding tert-OH is 1. The second kappa shape index (κ2) is 11.5. The molecule has 1 aromatic carbocycles. The number of amides is 1. The Balaban J connectivity index is 0.00000242. The summed E-state index contributed by atoms with van der Waals surface area (Å²) >= 11 is 0. The third-order valence-corrected chi connectivity index (χ3v) is 3.81. The van der Waals surface area contributed by atoms with Gasteiger partial charge in [0.05, 0.1) is 17.5 Å². The number of carbonyl (C=O) groups is 1. The molecule has 1 saturated heterocycles. The van der Waals surface area contributed by atoms with E-state index >= 15 is 0 Å². The molecule has 1 fully saturated rings. The number of hydrogen-bond donors (Lipinski definition) is 3. The standard InChI is InChI=1S/C16H25N3O2.2ClH/c1-17-10-4-7-16(21)18-14-5-2-3-6-15(14)19-11-8-13(20)9-12-19;;/h2-3,5-6,13,17,20H,4,7-12H2,1H3,(H,18,21);2*1H. The van der Waals surface area contributed by atoms with E-state index in [1.807, 2.05) is 31.3 Å². The van der Waals surface area contributed by atoms with Crippen molar-refractivity contribution in [3.05, 3.63) is 24.3 Å². The van der Waals surface area contributed by atoms with Gasteiger partial charge in [-0.15, -0.1) is 24.8 Å². The number of halogens is 2. The van der Waals surface area contributed by atoms with Crippen molar-refractivity contribution in [3.63, 3.8) is 0 Å². The van der Waals surface area contributed by atoms with Gasteiger partial charge in [0.25, 0.3) is 0 Å². The Morgan fingerprint density at radius 3 is 2.57 bits per heavy atom. The summed E-state index contributed by atoms with van der Waals surface area (Å²) in [6, 6.07) is 7.89. The maximum Gasteiger partial charge on any atom is 0.224 e. The molecule has 0 bridgehead atoms. The Kier molecular flexibility index (Phi) is 11.0. The predicted molar refractivity (Wildman–Crippen MR) is 100 cm³/mol. The third-order valence-electron chi connectivity index (χ3n) is 3.81. The molecule has 132 valence electrons. The van der Waals surface area contributed by atoms with Gasteiger partial charge in [-0.25, -0.2) is 0 Å². The van der Waals surface area contributed by atoms with Gasteiger partial charge in [-0.3, -0.25) is 4.79 Å². The van der Waals surface area contributed by atoms with Crippen LogP contribution < -0.4 is 15.5 Å². The normalized spacial score (nSPS) is 14.6. The molecule has 0 saturated carbocycles. The zero-order valence-electron chi connectivity index (χ0n) is 13.5. The van der Waals surface area contributed by atoms with Gasteiger partial charge in [0.15, 0.2) is 0 Å². The molecule has 1 aromatic rings. The highest BCUT2D eigenvalue weighted by atomic mass is 35.5. The van der Waals surface area contributed by atoms with Crippen LogP contribution in [0, 0.1) is 0 Å².